The molecule has 0 aliphatic heterocycles. The summed E-state index contributed by atoms with van der Waals surface area (Å²) in [6, 6.07) is 58.8. The van der Waals surface area contributed by atoms with E-state index < -0.39 is 0 Å². The largest absolute Gasteiger partial charge is 0.435 e. The van der Waals surface area contributed by atoms with Gasteiger partial charge < -0.3 is 9.32 Å². The first-order valence-corrected chi connectivity index (χ1v) is 16.1. The molecule has 0 atom stereocenters. The molecule has 4 nitrogen and oxygen atoms in total. The van der Waals surface area contributed by atoms with E-state index in [2.05, 4.69) is 114 Å². The highest BCUT2D eigenvalue weighted by atomic mass is 16.3. The standard InChI is InChI=1S/C44H29N3O/c1-5-13-30(14-6-1)40-25-22-33(29-45-40)38-27-32-21-23-36(47(34-17-9-3-10-18-34)35-19-11-4-12-20-35)28-39(32)42-37(38)24-26-41-43(42)48-44(46-41)31-15-7-2-8-16-31/h1-29H. The Hall–Kier alpha value is -6.52. The number of aromatic nitrogens is 2. The molecule has 0 radical (unpaired) electrons. The fraction of sp³-hybridized carbons (Fsp3) is 0. The summed E-state index contributed by atoms with van der Waals surface area (Å²) in [6.45, 7) is 0. The average Bonchev–Trinajstić information content (AvgIpc) is 3.61. The van der Waals surface area contributed by atoms with Crippen molar-refractivity contribution in [2.75, 3.05) is 4.90 Å². The molecule has 0 saturated heterocycles. The minimum atomic E-state index is 0.608. The maximum atomic E-state index is 6.67. The van der Waals surface area contributed by atoms with Crippen molar-refractivity contribution in [1.29, 1.82) is 0 Å². The summed E-state index contributed by atoms with van der Waals surface area (Å²) in [6.07, 6.45) is 1.98. The average molecular weight is 616 g/mol. The van der Waals surface area contributed by atoms with Crippen LogP contribution in [0.3, 0.4) is 0 Å². The predicted octanol–water partition coefficient (Wildman–Crippen LogP) is 12.0. The van der Waals surface area contributed by atoms with Crippen molar-refractivity contribution in [2.45, 2.75) is 0 Å². The van der Waals surface area contributed by atoms with Crippen LogP contribution in [-0.2, 0) is 0 Å². The zero-order valence-electron chi connectivity index (χ0n) is 26.0. The SMILES string of the molecule is c1ccc(-c2ccc(-c3cc4ccc(N(c5ccccc5)c5ccccc5)cc4c4c3ccc3nc(-c5ccccc5)oc34)cn2)cc1. The van der Waals surface area contributed by atoms with Crippen molar-refractivity contribution in [3.63, 3.8) is 0 Å². The van der Waals surface area contributed by atoms with E-state index >= 15 is 0 Å². The monoisotopic (exact) mass is 615 g/mol. The van der Waals surface area contributed by atoms with E-state index in [-0.39, 0.29) is 0 Å². The molecule has 0 N–H and O–H groups in total. The zero-order valence-corrected chi connectivity index (χ0v) is 26.0. The van der Waals surface area contributed by atoms with Gasteiger partial charge in [0.05, 0.1) is 5.69 Å². The van der Waals surface area contributed by atoms with E-state index in [0.29, 0.717) is 5.89 Å². The van der Waals surface area contributed by atoms with Gasteiger partial charge in [-0.2, -0.15) is 0 Å². The van der Waals surface area contributed by atoms with Crippen molar-refractivity contribution in [3.05, 3.63) is 176 Å². The van der Waals surface area contributed by atoms with Crippen molar-refractivity contribution >= 4 is 49.7 Å². The van der Waals surface area contributed by atoms with Gasteiger partial charge in [0.1, 0.15) is 5.52 Å². The van der Waals surface area contributed by atoms with Gasteiger partial charge in [0.25, 0.3) is 0 Å². The van der Waals surface area contributed by atoms with Crippen molar-refractivity contribution in [3.8, 4) is 33.8 Å². The van der Waals surface area contributed by atoms with Crippen LogP contribution in [0.5, 0.6) is 0 Å². The highest BCUT2D eigenvalue weighted by molar-refractivity contribution is 6.22. The third-order valence-electron chi connectivity index (χ3n) is 8.91. The van der Waals surface area contributed by atoms with Gasteiger partial charge in [0, 0.05) is 45.3 Å². The summed E-state index contributed by atoms with van der Waals surface area (Å²) in [4.78, 5) is 12.1. The van der Waals surface area contributed by atoms with E-state index in [9.17, 15) is 0 Å². The Morgan fingerprint density at radius 2 is 1.12 bits per heavy atom. The van der Waals surface area contributed by atoms with Crippen molar-refractivity contribution in [2.24, 2.45) is 0 Å². The summed E-state index contributed by atoms with van der Waals surface area (Å²) in [5.41, 5.74) is 9.96. The molecule has 9 aromatic rings. The number of hydrogen-bond acceptors (Lipinski definition) is 4. The van der Waals surface area contributed by atoms with Crippen molar-refractivity contribution < 1.29 is 4.42 Å². The number of fused-ring (bicyclic) bond motifs is 5. The summed E-state index contributed by atoms with van der Waals surface area (Å²) in [7, 11) is 0. The van der Waals surface area contributed by atoms with Crippen LogP contribution in [0.25, 0.3) is 66.5 Å². The zero-order chi connectivity index (χ0) is 31.9. The molecule has 9 rings (SSSR count). The molecule has 0 unspecified atom stereocenters. The lowest BCUT2D eigenvalue weighted by Crippen LogP contribution is -2.09. The Bertz CT molecular complexity index is 2490. The fourth-order valence-electron chi connectivity index (χ4n) is 6.62. The number of rotatable bonds is 6. The number of benzene rings is 7. The molecule has 48 heavy (non-hydrogen) atoms. The van der Waals surface area contributed by atoms with E-state index in [4.69, 9.17) is 14.4 Å². The Morgan fingerprint density at radius 3 is 1.77 bits per heavy atom. The number of hydrogen-bond donors (Lipinski definition) is 0. The molecule has 7 aromatic carbocycles. The van der Waals surface area contributed by atoms with Gasteiger partial charge in [-0.05, 0) is 88.5 Å². The number of oxazole rings is 1. The van der Waals surface area contributed by atoms with Gasteiger partial charge in [0.15, 0.2) is 5.58 Å². The molecule has 0 fully saturated rings. The van der Waals surface area contributed by atoms with Gasteiger partial charge in [-0.25, -0.2) is 4.98 Å². The van der Waals surface area contributed by atoms with E-state index in [1.165, 1.54) is 0 Å². The molecule has 0 aliphatic carbocycles. The van der Waals surface area contributed by atoms with Gasteiger partial charge in [-0.1, -0.05) is 103 Å². The maximum Gasteiger partial charge on any atom is 0.227 e. The van der Waals surface area contributed by atoms with Crippen LogP contribution < -0.4 is 4.90 Å². The second-order valence-electron chi connectivity index (χ2n) is 11.9. The van der Waals surface area contributed by atoms with Crippen LogP contribution in [0.15, 0.2) is 180 Å². The highest BCUT2D eigenvalue weighted by Gasteiger charge is 2.19. The number of nitrogens with zero attached hydrogens (tertiary/aromatic N) is 3. The summed E-state index contributed by atoms with van der Waals surface area (Å²) >= 11 is 0. The van der Waals surface area contributed by atoms with Gasteiger partial charge in [-0.3, -0.25) is 4.98 Å². The van der Waals surface area contributed by atoms with Gasteiger partial charge >= 0.3 is 0 Å². The predicted molar refractivity (Wildman–Crippen MR) is 198 cm³/mol. The first kappa shape index (κ1) is 27.8. The number of pyridine rings is 1. The minimum absolute atomic E-state index is 0.608. The normalized spacial score (nSPS) is 11.3. The molecule has 2 heterocycles. The molecule has 0 aliphatic rings. The van der Waals surface area contributed by atoms with Crippen molar-refractivity contribution in [1.82, 2.24) is 9.97 Å². The molecule has 0 saturated carbocycles. The molecular weight excluding hydrogens is 587 g/mol. The number of anilines is 3. The second-order valence-corrected chi connectivity index (χ2v) is 11.9. The molecule has 226 valence electrons. The molecule has 0 spiro atoms. The van der Waals surface area contributed by atoms with Crippen LogP contribution in [0.2, 0.25) is 0 Å². The Labute approximate surface area is 278 Å². The Balaban J connectivity index is 1.30. The smallest absolute Gasteiger partial charge is 0.227 e. The first-order valence-electron chi connectivity index (χ1n) is 16.1. The summed E-state index contributed by atoms with van der Waals surface area (Å²) in [5, 5.41) is 4.32. The number of para-hydroxylation sites is 2. The lowest BCUT2D eigenvalue weighted by molar-refractivity contribution is 0.623. The Morgan fingerprint density at radius 1 is 0.479 bits per heavy atom. The highest BCUT2D eigenvalue weighted by Crippen LogP contribution is 2.43. The fourth-order valence-corrected chi connectivity index (χ4v) is 6.62. The van der Waals surface area contributed by atoms with Gasteiger partial charge in [-0.15, -0.1) is 0 Å². The maximum absolute atomic E-state index is 6.67. The van der Waals surface area contributed by atoms with Crippen LogP contribution in [0.4, 0.5) is 17.1 Å². The molecule has 0 amide bonds. The third kappa shape index (κ3) is 4.88. The van der Waals surface area contributed by atoms with E-state index in [1.807, 2.05) is 66.9 Å². The van der Waals surface area contributed by atoms with E-state index in [1.54, 1.807) is 0 Å². The quantitative estimate of drug-likeness (QED) is 0.175. The lowest BCUT2D eigenvalue weighted by Gasteiger charge is -2.26. The minimum Gasteiger partial charge on any atom is -0.435 e. The molecule has 2 aromatic heterocycles. The van der Waals surface area contributed by atoms with E-state index in [0.717, 1.165) is 77.7 Å². The summed E-state index contributed by atoms with van der Waals surface area (Å²) in [5.74, 6) is 0.608. The topological polar surface area (TPSA) is 42.2 Å². The van der Waals surface area contributed by atoms with Crippen LogP contribution >= 0.6 is 0 Å². The Kier molecular flexibility index (Phi) is 6.76. The van der Waals surface area contributed by atoms with Gasteiger partial charge in [0.2, 0.25) is 5.89 Å². The molecular formula is C44H29N3O. The first-order chi connectivity index (χ1) is 23.8. The molecule has 4 heteroatoms. The second kappa shape index (κ2) is 11.7. The van der Waals surface area contributed by atoms with Crippen LogP contribution in [0.1, 0.15) is 0 Å². The third-order valence-corrected chi connectivity index (χ3v) is 8.91. The summed E-state index contributed by atoms with van der Waals surface area (Å²) < 4.78 is 6.67. The van der Waals surface area contributed by atoms with Crippen LogP contribution in [0, 0.1) is 0 Å². The molecule has 0 bridgehead atoms. The lowest BCUT2D eigenvalue weighted by atomic mass is 9.92. The van der Waals surface area contributed by atoms with Crippen LogP contribution in [-0.4, -0.2) is 9.97 Å².